The first-order valence-electron chi connectivity index (χ1n) is 6.44. The Kier molecular flexibility index (Phi) is 3.73. The van der Waals surface area contributed by atoms with Gasteiger partial charge in [0.15, 0.2) is 17.3 Å². The summed E-state index contributed by atoms with van der Waals surface area (Å²) in [4.78, 5) is 8.86. The van der Waals surface area contributed by atoms with Crippen molar-refractivity contribution < 1.29 is 9.47 Å². The van der Waals surface area contributed by atoms with Crippen LogP contribution in [0.3, 0.4) is 0 Å². The average Bonchev–Trinajstić information content (AvgIpc) is 2.49. The largest absolute Gasteiger partial charge is 0.486 e. The quantitative estimate of drug-likeness (QED) is 0.933. The number of ether oxygens (including phenoxy) is 2. The van der Waals surface area contributed by atoms with Crippen LogP contribution in [0.4, 0.5) is 5.82 Å². The van der Waals surface area contributed by atoms with Crippen molar-refractivity contribution in [2.75, 3.05) is 25.1 Å². The molecule has 0 radical (unpaired) electrons. The molecule has 0 saturated heterocycles. The molecule has 3 rings (SSSR count). The first kappa shape index (κ1) is 13.2. The van der Waals surface area contributed by atoms with E-state index in [9.17, 15) is 0 Å². The summed E-state index contributed by atoms with van der Waals surface area (Å²) in [5.41, 5.74) is 0.904. The van der Waals surface area contributed by atoms with Gasteiger partial charge in [-0.1, -0.05) is 0 Å². The van der Waals surface area contributed by atoms with Gasteiger partial charge < -0.3 is 14.8 Å². The first-order chi connectivity index (χ1) is 9.78. The van der Waals surface area contributed by atoms with E-state index in [1.54, 1.807) is 6.20 Å². The SMILES string of the molecule is CCNc1nc(-c2ccc3c(c2)OCCO3)ncc1Br. The van der Waals surface area contributed by atoms with Crippen LogP contribution in [0.2, 0.25) is 0 Å². The maximum absolute atomic E-state index is 5.58. The van der Waals surface area contributed by atoms with Crippen molar-refractivity contribution in [3.8, 4) is 22.9 Å². The third-order valence-electron chi connectivity index (χ3n) is 2.89. The van der Waals surface area contributed by atoms with Gasteiger partial charge in [0.2, 0.25) is 0 Å². The molecular weight excluding hydrogens is 322 g/mol. The minimum atomic E-state index is 0.570. The minimum Gasteiger partial charge on any atom is -0.486 e. The molecule has 1 aliphatic rings. The predicted octanol–water partition coefficient (Wildman–Crippen LogP) is 3.11. The Balaban J connectivity index is 1.98. The Bertz CT molecular complexity index is 634. The zero-order valence-corrected chi connectivity index (χ0v) is 12.6. The molecule has 0 spiro atoms. The minimum absolute atomic E-state index is 0.570. The van der Waals surface area contributed by atoms with E-state index in [0.29, 0.717) is 19.0 Å². The van der Waals surface area contributed by atoms with Gasteiger partial charge in [-0.3, -0.25) is 0 Å². The first-order valence-corrected chi connectivity index (χ1v) is 7.23. The molecule has 20 heavy (non-hydrogen) atoms. The van der Waals surface area contributed by atoms with Crippen molar-refractivity contribution >= 4 is 21.7 Å². The van der Waals surface area contributed by atoms with Gasteiger partial charge in [0.1, 0.15) is 19.0 Å². The van der Waals surface area contributed by atoms with Crippen molar-refractivity contribution in [3.05, 3.63) is 28.9 Å². The Labute approximate surface area is 125 Å². The molecule has 104 valence electrons. The fraction of sp³-hybridized carbons (Fsp3) is 0.286. The van der Waals surface area contributed by atoms with Gasteiger partial charge in [-0.15, -0.1) is 0 Å². The molecule has 0 fully saturated rings. The van der Waals surface area contributed by atoms with Crippen molar-refractivity contribution in [2.24, 2.45) is 0 Å². The third kappa shape index (κ3) is 2.56. The van der Waals surface area contributed by atoms with Gasteiger partial charge >= 0.3 is 0 Å². The van der Waals surface area contributed by atoms with Crippen LogP contribution in [-0.4, -0.2) is 29.7 Å². The lowest BCUT2D eigenvalue weighted by Crippen LogP contribution is -2.15. The van der Waals surface area contributed by atoms with Crippen molar-refractivity contribution in [2.45, 2.75) is 6.92 Å². The summed E-state index contributed by atoms with van der Waals surface area (Å²) in [6.45, 7) is 3.99. The standard InChI is InChI=1S/C14H14BrN3O2/c1-2-16-14-10(15)8-17-13(18-14)9-3-4-11-12(7-9)20-6-5-19-11/h3-4,7-8H,2,5-6H2,1H3,(H,16,17,18). The molecule has 0 amide bonds. The summed E-state index contributed by atoms with van der Waals surface area (Å²) in [6, 6.07) is 5.74. The number of anilines is 1. The molecule has 2 heterocycles. The molecular formula is C14H14BrN3O2. The number of aromatic nitrogens is 2. The van der Waals surface area contributed by atoms with Crippen molar-refractivity contribution in [1.82, 2.24) is 9.97 Å². The van der Waals surface area contributed by atoms with Gasteiger partial charge in [0.05, 0.1) is 4.47 Å². The molecule has 1 aliphatic heterocycles. The Morgan fingerprint density at radius 1 is 1.25 bits per heavy atom. The third-order valence-corrected chi connectivity index (χ3v) is 3.47. The van der Waals surface area contributed by atoms with E-state index in [4.69, 9.17) is 9.47 Å². The normalized spacial score (nSPS) is 13.1. The van der Waals surface area contributed by atoms with E-state index in [-0.39, 0.29) is 0 Å². The molecule has 0 aliphatic carbocycles. The number of fused-ring (bicyclic) bond motifs is 1. The number of hydrogen-bond donors (Lipinski definition) is 1. The molecule has 6 heteroatoms. The highest BCUT2D eigenvalue weighted by molar-refractivity contribution is 9.10. The van der Waals surface area contributed by atoms with Gasteiger partial charge in [-0.05, 0) is 41.1 Å². The fourth-order valence-electron chi connectivity index (χ4n) is 1.98. The maximum Gasteiger partial charge on any atom is 0.162 e. The number of halogens is 1. The Morgan fingerprint density at radius 2 is 2.05 bits per heavy atom. The number of nitrogens with one attached hydrogen (secondary N) is 1. The Morgan fingerprint density at radius 3 is 2.85 bits per heavy atom. The Hall–Kier alpha value is -1.82. The van der Waals surface area contributed by atoms with Crippen LogP contribution in [-0.2, 0) is 0 Å². The summed E-state index contributed by atoms with van der Waals surface area (Å²) in [6.07, 6.45) is 1.75. The van der Waals surface area contributed by atoms with Gasteiger partial charge in [-0.25, -0.2) is 9.97 Å². The van der Waals surface area contributed by atoms with Crippen LogP contribution < -0.4 is 14.8 Å². The van der Waals surface area contributed by atoms with E-state index in [1.807, 2.05) is 25.1 Å². The summed E-state index contributed by atoms with van der Waals surface area (Å²) >= 11 is 3.43. The lowest BCUT2D eigenvalue weighted by molar-refractivity contribution is 0.171. The second-order valence-electron chi connectivity index (χ2n) is 4.28. The summed E-state index contributed by atoms with van der Waals surface area (Å²) < 4.78 is 11.9. The number of hydrogen-bond acceptors (Lipinski definition) is 5. The zero-order valence-electron chi connectivity index (χ0n) is 11.0. The van der Waals surface area contributed by atoms with Crippen molar-refractivity contribution in [1.29, 1.82) is 0 Å². The fourth-order valence-corrected chi connectivity index (χ4v) is 2.31. The highest BCUT2D eigenvalue weighted by Gasteiger charge is 2.14. The number of nitrogens with zero attached hydrogens (tertiary/aromatic N) is 2. The second-order valence-corrected chi connectivity index (χ2v) is 5.13. The molecule has 0 unspecified atom stereocenters. The lowest BCUT2D eigenvalue weighted by Gasteiger charge is -2.18. The predicted molar refractivity (Wildman–Crippen MR) is 80.3 cm³/mol. The summed E-state index contributed by atoms with van der Waals surface area (Å²) in [5.74, 6) is 2.95. The lowest BCUT2D eigenvalue weighted by atomic mass is 10.2. The van der Waals surface area contributed by atoms with E-state index in [0.717, 1.165) is 33.9 Å². The van der Waals surface area contributed by atoms with Crippen LogP contribution >= 0.6 is 15.9 Å². The van der Waals surface area contributed by atoms with Crippen molar-refractivity contribution in [3.63, 3.8) is 0 Å². The molecule has 1 aromatic heterocycles. The highest BCUT2D eigenvalue weighted by atomic mass is 79.9. The smallest absolute Gasteiger partial charge is 0.162 e. The molecule has 0 saturated carbocycles. The topological polar surface area (TPSA) is 56.3 Å². The van der Waals surface area contributed by atoms with Crippen LogP contribution in [0.25, 0.3) is 11.4 Å². The molecule has 1 aromatic carbocycles. The molecule has 0 bridgehead atoms. The van der Waals surface area contributed by atoms with Gasteiger partial charge in [0, 0.05) is 18.3 Å². The van der Waals surface area contributed by atoms with Crippen LogP contribution in [0.5, 0.6) is 11.5 Å². The van der Waals surface area contributed by atoms with Gasteiger partial charge in [0.25, 0.3) is 0 Å². The van der Waals surface area contributed by atoms with E-state index in [2.05, 4.69) is 31.2 Å². The summed E-state index contributed by atoms with van der Waals surface area (Å²) in [7, 11) is 0. The number of benzene rings is 1. The van der Waals surface area contributed by atoms with Crippen LogP contribution in [0.1, 0.15) is 6.92 Å². The molecule has 2 aromatic rings. The average molecular weight is 336 g/mol. The monoisotopic (exact) mass is 335 g/mol. The van der Waals surface area contributed by atoms with E-state index in [1.165, 1.54) is 0 Å². The highest BCUT2D eigenvalue weighted by Crippen LogP contribution is 2.34. The summed E-state index contributed by atoms with van der Waals surface area (Å²) in [5, 5.41) is 3.19. The van der Waals surface area contributed by atoms with E-state index < -0.39 is 0 Å². The van der Waals surface area contributed by atoms with E-state index >= 15 is 0 Å². The van der Waals surface area contributed by atoms with Crippen LogP contribution in [0.15, 0.2) is 28.9 Å². The van der Waals surface area contributed by atoms with Gasteiger partial charge in [-0.2, -0.15) is 0 Å². The molecule has 1 N–H and O–H groups in total. The molecule has 5 nitrogen and oxygen atoms in total. The van der Waals surface area contributed by atoms with Crippen LogP contribution in [0, 0.1) is 0 Å². The second kappa shape index (κ2) is 5.66. The zero-order chi connectivity index (χ0) is 13.9. The maximum atomic E-state index is 5.58. The number of rotatable bonds is 3. The molecule has 0 atom stereocenters.